The second-order valence-electron chi connectivity index (χ2n) is 11.8. The number of fused-ring (bicyclic) bond motifs is 1. The lowest BCUT2D eigenvalue weighted by molar-refractivity contribution is -0.167. The Bertz CT molecular complexity index is 1720. The van der Waals surface area contributed by atoms with Crippen LogP contribution in [-0.2, 0) is 33.5 Å². The largest absolute Gasteiger partial charge is 0.457 e. The van der Waals surface area contributed by atoms with E-state index in [9.17, 15) is 19.2 Å². The molecule has 0 radical (unpaired) electrons. The van der Waals surface area contributed by atoms with E-state index in [0.717, 1.165) is 22.7 Å². The van der Waals surface area contributed by atoms with E-state index in [1.54, 1.807) is 20.8 Å². The molecule has 3 heterocycles. The van der Waals surface area contributed by atoms with Gasteiger partial charge in [-0.2, -0.15) is 9.36 Å². The van der Waals surface area contributed by atoms with Gasteiger partial charge in [-0.1, -0.05) is 72.7 Å². The molecule has 3 atom stereocenters. The van der Waals surface area contributed by atoms with Crippen LogP contribution >= 0.6 is 35.1 Å². The summed E-state index contributed by atoms with van der Waals surface area (Å²) >= 11 is 3.70. The predicted octanol–water partition coefficient (Wildman–Crippen LogP) is 4.27. The number of nitrogens with one attached hydrogen (secondary N) is 1. The topological polar surface area (TPSA) is 175 Å². The molecule has 2 aliphatic rings. The second-order valence-corrected chi connectivity index (χ2v) is 15.1. The number of hydrogen-bond donors (Lipinski definition) is 2. The van der Waals surface area contributed by atoms with Crippen molar-refractivity contribution in [3.63, 3.8) is 0 Å². The van der Waals surface area contributed by atoms with Gasteiger partial charge in [0.05, 0.1) is 0 Å². The zero-order chi connectivity index (χ0) is 35.3. The number of anilines is 1. The first kappa shape index (κ1) is 35.9. The fourth-order valence-electron chi connectivity index (χ4n) is 4.90. The molecule has 258 valence electrons. The first-order valence-electron chi connectivity index (χ1n) is 15.4. The molecular formula is C33H36N6O7S3. The highest BCUT2D eigenvalue weighted by atomic mass is 32.2. The molecule has 0 bridgehead atoms. The molecule has 13 nitrogen and oxygen atoms in total. The SMILES string of the molecule is CCSC1=C(C(=O)OC(c2ccccc2)c2ccccc2)N2C(=O)C(NC(=O)C(=NOC(C)C(=O)OC(C)(C)C)c3nsc(N)n3)[C@@H]2SC1. The highest BCUT2D eigenvalue weighted by Crippen LogP contribution is 2.44. The Morgan fingerprint density at radius 1 is 1.10 bits per heavy atom. The number of amides is 2. The number of esters is 2. The highest BCUT2D eigenvalue weighted by molar-refractivity contribution is 8.06. The van der Waals surface area contributed by atoms with Gasteiger partial charge in [0.2, 0.25) is 17.6 Å². The number of carbonyl (C=O) groups excluding carboxylic acids is 4. The Hall–Kier alpha value is -4.41. The summed E-state index contributed by atoms with van der Waals surface area (Å²) in [7, 11) is 0. The summed E-state index contributed by atoms with van der Waals surface area (Å²) in [5.74, 6) is -1.73. The average Bonchev–Trinajstić information content (AvgIpc) is 3.51. The average molecular weight is 725 g/mol. The van der Waals surface area contributed by atoms with Crippen molar-refractivity contribution >= 4 is 69.7 Å². The summed E-state index contributed by atoms with van der Waals surface area (Å²) < 4.78 is 15.5. The first-order valence-corrected chi connectivity index (χ1v) is 18.2. The summed E-state index contributed by atoms with van der Waals surface area (Å²) in [4.78, 5) is 65.2. The molecule has 2 aliphatic heterocycles. The lowest BCUT2D eigenvalue weighted by Gasteiger charge is -2.49. The van der Waals surface area contributed by atoms with Gasteiger partial charge in [-0.05, 0) is 44.6 Å². The summed E-state index contributed by atoms with van der Waals surface area (Å²) in [5.41, 5.74) is 6.31. The van der Waals surface area contributed by atoms with Crippen LogP contribution in [0.15, 0.2) is 76.4 Å². The number of β-lactam (4-membered cyclic amide) rings is 1. The molecule has 2 amide bonds. The van der Waals surface area contributed by atoms with Gasteiger partial charge >= 0.3 is 11.9 Å². The molecule has 3 aromatic rings. The van der Waals surface area contributed by atoms with Gasteiger partial charge in [0.1, 0.15) is 22.7 Å². The fraction of sp³-hybridized carbons (Fsp3) is 0.364. The Morgan fingerprint density at radius 2 is 1.73 bits per heavy atom. The number of nitrogens with zero attached hydrogens (tertiary/aromatic N) is 4. The van der Waals surface area contributed by atoms with Crippen LogP contribution in [0.5, 0.6) is 0 Å². The number of nitrogens with two attached hydrogens (primary N) is 1. The molecule has 0 spiro atoms. The van der Waals surface area contributed by atoms with Crippen molar-refractivity contribution in [2.75, 3.05) is 17.2 Å². The quantitative estimate of drug-likeness (QED) is 0.118. The molecule has 5 rings (SSSR count). The van der Waals surface area contributed by atoms with Crippen LogP contribution in [0, 0.1) is 0 Å². The van der Waals surface area contributed by atoms with Crippen molar-refractivity contribution in [3.8, 4) is 0 Å². The molecule has 16 heteroatoms. The van der Waals surface area contributed by atoms with Crippen LogP contribution in [0.4, 0.5) is 5.13 Å². The molecule has 1 fully saturated rings. The third kappa shape index (κ3) is 8.43. The number of nitrogen functional groups attached to an aromatic ring is 1. The number of oxime groups is 1. The zero-order valence-electron chi connectivity index (χ0n) is 27.4. The van der Waals surface area contributed by atoms with Crippen LogP contribution in [0.3, 0.4) is 0 Å². The maximum absolute atomic E-state index is 14.0. The molecule has 2 unspecified atom stereocenters. The number of rotatable bonds is 12. The summed E-state index contributed by atoms with van der Waals surface area (Å²) in [6.45, 7) is 8.50. The minimum atomic E-state index is -1.17. The zero-order valence-corrected chi connectivity index (χ0v) is 29.9. The van der Waals surface area contributed by atoms with E-state index < -0.39 is 53.0 Å². The monoisotopic (exact) mass is 724 g/mol. The maximum atomic E-state index is 14.0. The van der Waals surface area contributed by atoms with Crippen LogP contribution in [0.2, 0.25) is 0 Å². The van der Waals surface area contributed by atoms with Gasteiger partial charge in [0.25, 0.3) is 11.8 Å². The van der Waals surface area contributed by atoms with E-state index >= 15 is 0 Å². The van der Waals surface area contributed by atoms with Gasteiger partial charge in [0.15, 0.2) is 11.2 Å². The molecular weight excluding hydrogens is 689 g/mol. The minimum absolute atomic E-state index is 0.0722. The summed E-state index contributed by atoms with van der Waals surface area (Å²) in [5, 5.41) is 6.03. The van der Waals surface area contributed by atoms with Gasteiger partial charge < -0.3 is 25.4 Å². The molecule has 49 heavy (non-hydrogen) atoms. The van der Waals surface area contributed by atoms with E-state index in [1.807, 2.05) is 67.6 Å². The van der Waals surface area contributed by atoms with Crippen molar-refractivity contribution in [2.24, 2.45) is 5.16 Å². The third-order valence-electron chi connectivity index (χ3n) is 7.07. The van der Waals surface area contributed by atoms with Crippen LogP contribution in [0.25, 0.3) is 0 Å². The molecule has 1 saturated heterocycles. The number of thioether (sulfide) groups is 2. The van der Waals surface area contributed by atoms with Gasteiger partial charge in [-0.15, -0.1) is 23.5 Å². The molecule has 0 saturated carbocycles. The Morgan fingerprint density at radius 3 is 2.29 bits per heavy atom. The van der Waals surface area contributed by atoms with Crippen LogP contribution < -0.4 is 11.1 Å². The Labute approximate surface area is 296 Å². The molecule has 0 aliphatic carbocycles. The Balaban J connectivity index is 1.36. The van der Waals surface area contributed by atoms with Crippen molar-refractivity contribution in [2.45, 2.75) is 63.8 Å². The normalized spacial score (nSPS) is 18.4. The Kier molecular flexibility index (Phi) is 11.3. The standard InChI is InChI=1S/C33H36N6O7S3/c1-6-47-21-17-48-29-23(35-27(40)22(26-36-32(34)49-38-26)37-46-18(2)30(42)45-33(3,4)5)28(41)39(29)24(21)31(43)44-25(19-13-9-7-10-14-19)20-15-11-8-12-16-20/h7-16,18,23,25,29H,6,17H2,1-5H3,(H,35,40)(H2,34,36,38)/t18?,23?,29-/m0/s1. The van der Waals surface area contributed by atoms with Gasteiger partial charge in [0, 0.05) is 22.2 Å². The second kappa shape index (κ2) is 15.4. The fourth-order valence-corrected chi connectivity index (χ4v) is 7.73. The maximum Gasteiger partial charge on any atom is 0.356 e. The van der Waals surface area contributed by atoms with Crippen molar-refractivity contribution in [1.82, 2.24) is 19.6 Å². The smallest absolute Gasteiger partial charge is 0.356 e. The highest BCUT2D eigenvalue weighted by Gasteiger charge is 2.55. The van der Waals surface area contributed by atoms with E-state index in [-0.39, 0.29) is 22.4 Å². The lowest BCUT2D eigenvalue weighted by Crippen LogP contribution is -2.71. The number of hydrogen-bond acceptors (Lipinski definition) is 14. The van der Waals surface area contributed by atoms with E-state index in [0.29, 0.717) is 16.4 Å². The molecule has 2 aromatic carbocycles. The summed E-state index contributed by atoms with van der Waals surface area (Å²) in [6, 6.07) is 17.7. The predicted molar refractivity (Wildman–Crippen MR) is 188 cm³/mol. The van der Waals surface area contributed by atoms with E-state index in [2.05, 4.69) is 19.8 Å². The first-order chi connectivity index (χ1) is 23.4. The van der Waals surface area contributed by atoms with Crippen molar-refractivity contribution in [1.29, 1.82) is 0 Å². The lowest BCUT2D eigenvalue weighted by atomic mass is 10.0. The van der Waals surface area contributed by atoms with Crippen molar-refractivity contribution < 1.29 is 33.5 Å². The van der Waals surface area contributed by atoms with Gasteiger partial charge in [-0.25, -0.2) is 9.59 Å². The van der Waals surface area contributed by atoms with Gasteiger partial charge in [-0.3, -0.25) is 14.5 Å². The molecule has 3 N–H and O–H groups in total. The van der Waals surface area contributed by atoms with Crippen molar-refractivity contribution in [3.05, 3.63) is 88.2 Å². The summed E-state index contributed by atoms with van der Waals surface area (Å²) in [6.07, 6.45) is -1.88. The number of carbonyl (C=O) groups is 4. The number of aromatic nitrogens is 2. The minimum Gasteiger partial charge on any atom is -0.457 e. The van der Waals surface area contributed by atoms with E-state index in [4.69, 9.17) is 20.0 Å². The number of benzene rings is 2. The molecule has 1 aromatic heterocycles. The third-order valence-corrected chi connectivity index (χ3v) is 10.1. The van der Waals surface area contributed by atoms with E-state index in [1.165, 1.54) is 35.3 Å². The van der Waals surface area contributed by atoms with Crippen LogP contribution in [-0.4, -0.2) is 78.3 Å². The van der Waals surface area contributed by atoms with Crippen LogP contribution in [0.1, 0.15) is 57.7 Å². The number of ether oxygens (including phenoxy) is 2.